The van der Waals surface area contributed by atoms with Crippen LogP contribution >= 0.6 is 0 Å². The standard InChI is InChI=1S/C51H68FN3O6/c1-28(2)40-36(56)26-51(45(60)55-24-10-11-35(55)42-53-27-34(54-42)29-12-14-30(52)15-13-29)23-22-49(8)31(41(40)51)16-17-38-48(7)20-19-39(47(5,6)37(48)18-21-50(38,49)9)61-44(59)33-25-32(43(57)58)46(33,3)4/h12-15,27-28,31-33,35,37-39H,10-11,16-26H2,1-9H3,(H,53,54)(H,57,58)/t31-,32+,33-,35+,37+,38-,39+,48+,49-,50-,51-/m1/s1. The number of fused-ring (bicyclic) bond motifs is 7. The normalized spacial score (nSPS) is 39.8. The Labute approximate surface area is 361 Å². The summed E-state index contributed by atoms with van der Waals surface area (Å²) in [5, 5.41) is 9.70. The number of hydrogen-bond donors (Lipinski definition) is 2. The largest absolute Gasteiger partial charge is 0.481 e. The number of likely N-dealkylation sites (tertiary alicyclic amines) is 1. The van der Waals surface area contributed by atoms with Crippen LogP contribution in [0.3, 0.4) is 0 Å². The van der Waals surface area contributed by atoms with E-state index in [0.29, 0.717) is 31.2 Å². The highest BCUT2D eigenvalue weighted by Gasteiger charge is 2.71. The summed E-state index contributed by atoms with van der Waals surface area (Å²) in [4.78, 5) is 65.7. The number of aromatic nitrogens is 2. The predicted molar refractivity (Wildman–Crippen MR) is 230 cm³/mol. The number of carboxylic acid groups (broad SMARTS) is 1. The topological polar surface area (TPSA) is 130 Å². The fourth-order valence-electron chi connectivity index (χ4n) is 15.9. The molecule has 61 heavy (non-hydrogen) atoms. The Kier molecular flexibility index (Phi) is 9.81. The maximum atomic E-state index is 15.5. The minimum Gasteiger partial charge on any atom is -0.481 e. The summed E-state index contributed by atoms with van der Waals surface area (Å²) in [7, 11) is 0. The fraction of sp³-hybridized carbons (Fsp3) is 0.706. The number of aliphatic carboxylic acids is 1. The van der Waals surface area contributed by atoms with Crippen molar-refractivity contribution in [2.75, 3.05) is 6.54 Å². The molecular formula is C51H68FN3O6. The van der Waals surface area contributed by atoms with Crippen molar-refractivity contribution in [3.05, 3.63) is 53.3 Å². The second kappa shape index (κ2) is 14.1. The zero-order valence-electron chi connectivity index (χ0n) is 38.0. The molecule has 1 aromatic heterocycles. The highest BCUT2D eigenvalue weighted by Crippen LogP contribution is 2.77. The number of carbonyl (C=O) groups is 4. The third-order valence-corrected chi connectivity index (χ3v) is 19.5. The molecule has 5 saturated carbocycles. The van der Waals surface area contributed by atoms with Crippen LogP contribution in [0, 0.1) is 73.8 Å². The highest BCUT2D eigenvalue weighted by molar-refractivity contribution is 6.07. The second-order valence-electron chi connectivity index (χ2n) is 22.9. The van der Waals surface area contributed by atoms with Gasteiger partial charge in [-0.3, -0.25) is 19.2 Å². The molecule has 11 atom stereocenters. The van der Waals surface area contributed by atoms with Crippen molar-refractivity contribution in [3.63, 3.8) is 0 Å². The van der Waals surface area contributed by atoms with Gasteiger partial charge in [-0.2, -0.15) is 0 Å². The third kappa shape index (κ3) is 5.90. The van der Waals surface area contributed by atoms with Crippen molar-refractivity contribution in [1.29, 1.82) is 0 Å². The van der Waals surface area contributed by atoms with E-state index in [2.05, 4.69) is 53.5 Å². The number of allylic oxidation sites excluding steroid dienone is 1. The quantitative estimate of drug-likeness (QED) is 0.266. The number of imidazole rings is 1. The van der Waals surface area contributed by atoms with Crippen molar-refractivity contribution < 1.29 is 33.4 Å². The number of carboxylic acids is 1. The maximum absolute atomic E-state index is 15.5. The van der Waals surface area contributed by atoms with E-state index in [4.69, 9.17) is 9.72 Å². The van der Waals surface area contributed by atoms with Crippen LogP contribution in [0.4, 0.5) is 4.39 Å². The van der Waals surface area contributed by atoms with Gasteiger partial charge in [-0.15, -0.1) is 0 Å². The van der Waals surface area contributed by atoms with Gasteiger partial charge in [-0.25, -0.2) is 9.37 Å². The van der Waals surface area contributed by atoms with E-state index in [1.807, 2.05) is 18.7 Å². The highest BCUT2D eigenvalue weighted by atomic mass is 19.1. The molecule has 7 aliphatic rings. The Balaban J connectivity index is 0.988. The van der Waals surface area contributed by atoms with Crippen LogP contribution in [0.2, 0.25) is 0 Å². The smallest absolute Gasteiger partial charge is 0.309 e. The summed E-state index contributed by atoms with van der Waals surface area (Å²) in [6.07, 6.45) is 11.2. The van der Waals surface area contributed by atoms with Gasteiger partial charge in [0.05, 0.1) is 35.2 Å². The number of Topliss-reactive ketones (excluding diaryl/α,β-unsaturated/α-hetero) is 1. The van der Waals surface area contributed by atoms with Gasteiger partial charge in [0.25, 0.3) is 0 Å². The Morgan fingerprint density at radius 1 is 0.869 bits per heavy atom. The van der Waals surface area contributed by atoms with Crippen LogP contribution in [0.25, 0.3) is 11.3 Å². The monoisotopic (exact) mass is 838 g/mol. The summed E-state index contributed by atoms with van der Waals surface area (Å²) in [5.41, 5.74) is 1.89. The molecule has 2 N–H and O–H groups in total. The molecule has 6 fully saturated rings. The lowest BCUT2D eigenvalue weighted by molar-refractivity contribution is -0.236. The molecule has 1 amide bonds. The van der Waals surface area contributed by atoms with E-state index >= 15 is 4.79 Å². The van der Waals surface area contributed by atoms with Crippen molar-refractivity contribution >= 4 is 23.6 Å². The Morgan fingerprint density at radius 2 is 1.59 bits per heavy atom. The number of rotatable bonds is 7. The summed E-state index contributed by atoms with van der Waals surface area (Å²) >= 11 is 0. The molecule has 0 radical (unpaired) electrons. The van der Waals surface area contributed by atoms with Crippen LogP contribution in [0.5, 0.6) is 0 Å². The number of ether oxygens (including phenoxy) is 1. The molecule has 6 aliphatic carbocycles. The number of hydrogen-bond acceptors (Lipinski definition) is 6. The first-order chi connectivity index (χ1) is 28.6. The molecule has 0 spiro atoms. The number of nitrogens with one attached hydrogen (secondary N) is 1. The molecule has 2 aromatic rings. The average molecular weight is 838 g/mol. The van der Waals surface area contributed by atoms with Crippen LogP contribution in [0.15, 0.2) is 41.6 Å². The molecule has 1 aliphatic heterocycles. The van der Waals surface area contributed by atoms with Gasteiger partial charge in [-0.1, -0.05) is 62.3 Å². The molecule has 330 valence electrons. The van der Waals surface area contributed by atoms with E-state index in [-0.39, 0.29) is 75.5 Å². The molecule has 0 unspecified atom stereocenters. The summed E-state index contributed by atoms with van der Waals surface area (Å²) < 4.78 is 20.2. The summed E-state index contributed by atoms with van der Waals surface area (Å²) in [6, 6.07) is 6.14. The first-order valence-electron chi connectivity index (χ1n) is 23.4. The van der Waals surface area contributed by atoms with Gasteiger partial charge in [0.1, 0.15) is 17.7 Å². The number of carbonyl (C=O) groups excluding carboxylic acids is 3. The maximum Gasteiger partial charge on any atom is 0.309 e. The zero-order valence-corrected chi connectivity index (χ0v) is 38.0. The Morgan fingerprint density at radius 3 is 2.26 bits per heavy atom. The number of nitrogens with zero attached hydrogens (tertiary/aromatic N) is 2. The van der Waals surface area contributed by atoms with E-state index in [1.54, 1.807) is 18.3 Å². The van der Waals surface area contributed by atoms with Crippen LogP contribution in [0.1, 0.15) is 151 Å². The van der Waals surface area contributed by atoms with Gasteiger partial charge in [-0.05, 0) is 157 Å². The number of ketones is 1. The minimum atomic E-state index is -0.844. The average Bonchev–Trinajstić information content (AvgIpc) is 3.94. The number of halogens is 1. The molecular weight excluding hydrogens is 770 g/mol. The van der Waals surface area contributed by atoms with Crippen LogP contribution in [-0.4, -0.2) is 56.3 Å². The molecule has 0 bridgehead atoms. The Hall–Kier alpha value is -3.82. The van der Waals surface area contributed by atoms with Crippen molar-refractivity contribution in [3.8, 4) is 11.3 Å². The number of benzene rings is 1. The van der Waals surface area contributed by atoms with E-state index in [1.165, 1.54) is 12.1 Å². The summed E-state index contributed by atoms with van der Waals surface area (Å²) in [6.45, 7) is 20.9. The van der Waals surface area contributed by atoms with E-state index < -0.39 is 28.6 Å². The van der Waals surface area contributed by atoms with Gasteiger partial charge in [0, 0.05) is 18.4 Å². The van der Waals surface area contributed by atoms with E-state index in [9.17, 15) is 23.9 Å². The number of esters is 1. The number of aromatic amines is 1. The molecule has 1 saturated heterocycles. The first-order valence-corrected chi connectivity index (χ1v) is 23.4. The SMILES string of the molecule is CC(C)C1=C2[C@H]3CC[C@@H]4[C@@]5(C)CC[C@H](OC(=O)[C@H]6C[C@@H](C(=O)O)C6(C)C)C(C)(C)[C@@H]5CC[C@@]4(C)[C@]3(C)CC[C@@]2(C(=O)N2CCC[C@H]2c2ncc(-c3ccc(F)cc3)[nH]2)CC1=O. The minimum absolute atomic E-state index is 0.0143. The van der Waals surface area contributed by atoms with Crippen molar-refractivity contribution in [1.82, 2.24) is 14.9 Å². The van der Waals surface area contributed by atoms with Gasteiger partial charge >= 0.3 is 11.9 Å². The molecule has 2 heterocycles. The lowest BCUT2D eigenvalue weighted by atomic mass is 9.33. The second-order valence-corrected chi connectivity index (χ2v) is 22.9. The molecule has 9 nitrogen and oxygen atoms in total. The predicted octanol–water partition coefficient (Wildman–Crippen LogP) is 10.5. The number of H-pyrrole nitrogens is 1. The van der Waals surface area contributed by atoms with E-state index in [0.717, 1.165) is 86.0 Å². The molecule has 9 rings (SSSR count). The van der Waals surface area contributed by atoms with Gasteiger partial charge < -0.3 is 19.7 Å². The first kappa shape index (κ1) is 42.5. The third-order valence-electron chi connectivity index (χ3n) is 19.5. The fourth-order valence-corrected chi connectivity index (χ4v) is 15.9. The molecule has 10 heteroatoms. The lowest BCUT2D eigenvalue weighted by Gasteiger charge is -2.72. The van der Waals surface area contributed by atoms with Crippen molar-refractivity contribution in [2.45, 2.75) is 152 Å². The lowest BCUT2D eigenvalue weighted by Crippen LogP contribution is -2.66. The molecule has 1 aromatic carbocycles. The van der Waals surface area contributed by atoms with Crippen molar-refractivity contribution in [2.24, 2.45) is 68.0 Å². The number of amides is 1. The van der Waals surface area contributed by atoms with Crippen LogP contribution in [-0.2, 0) is 23.9 Å². The Bertz CT molecular complexity index is 2190. The van der Waals surface area contributed by atoms with Crippen LogP contribution < -0.4 is 0 Å². The zero-order chi connectivity index (χ0) is 43.8. The summed E-state index contributed by atoms with van der Waals surface area (Å²) in [5.74, 6) is -0.360. The van der Waals surface area contributed by atoms with Gasteiger partial charge in [0.15, 0.2) is 5.78 Å². The van der Waals surface area contributed by atoms with Gasteiger partial charge in [0.2, 0.25) is 5.91 Å².